The van der Waals surface area contributed by atoms with Crippen LogP contribution in [-0.4, -0.2) is 35.9 Å². The highest BCUT2D eigenvalue weighted by Crippen LogP contribution is 2.32. The van der Waals surface area contributed by atoms with Crippen molar-refractivity contribution in [3.63, 3.8) is 0 Å². The van der Waals surface area contributed by atoms with E-state index in [9.17, 15) is 24.6 Å². The molecule has 0 heterocycles. The Hall–Kier alpha value is -2.37. The Bertz CT molecular complexity index is 463. The van der Waals surface area contributed by atoms with Gasteiger partial charge < -0.3 is 14.9 Å². The van der Waals surface area contributed by atoms with Gasteiger partial charge in [0.05, 0.1) is 18.2 Å². The van der Waals surface area contributed by atoms with Crippen molar-refractivity contribution in [1.29, 1.82) is 0 Å². The van der Waals surface area contributed by atoms with Crippen LogP contribution in [0.15, 0.2) is 6.07 Å². The van der Waals surface area contributed by atoms with Crippen molar-refractivity contribution in [2.75, 3.05) is 7.11 Å². The highest BCUT2D eigenvalue weighted by Gasteiger charge is 2.21. The van der Waals surface area contributed by atoms with Gasteiger partial charge in [0.1, 0.15) is 17.1 Å². The van der Waals surface area contributed by atoms with E-state index in [-0.39, 0.29) is 23.7 Å². The zero-order valence-corrected chi connectivity index (χ0v) is 8.26. The van der Waals surface area contributed by atoms with Gasteiger partial charge in [-0.15, -0.1) is 0 Å². The largest absolute Gasteiger partial charge is 0.506 e. The summed E-state index contributed by atoms with van der Waals surface area (Å²) < 4.78 is 4.34. The van der Waals surface area contributed by atoms with Crippen LogP contribution in [-0.2, 0) is 4.74 Å². The van der Waals surface area contributed by atoms with Crippen LogP contribution in [0.1, 0.15) is 31.1 Å². The molecule has 6 heteroatoms. The van der Waals surface area contributed by atoms with Gasteiger partial charge >= 0.3 is 5.97 Å². The third kappa shape index (κ3) is 1.72. The zero-order chi connectivity index (χ0) is 12.3. The standard InChI is InChI=1S/C10H8O6/c1-16-10(15)6-2-5(3-11)8(13)7(4-12)9(6)14/h2-4,13-14H,1H3. The van der Waals surface area contributed by atoms with Gasteiger partial charge in [0.25, 0.3) is 0 Å². The number of esters is 1. The van der Waals surface area contributed by atoms with Crippen molar-refractivity contribution in [2.45, 2.75) is 0 Å². The molecule has 84 valence electrons. The summed E-state index contributed by atoms with van der Waals surface area (Å²) in [6.07, 6.45) is 0.401. The minimum absolute atomic E-state index is 0.143. The molecule has 0 fully saturated rings. The molecular weight excluding hydrogens is 216 g/mol. The number of ether oxygens (including phenoxy) is 1. The zero-order valence-electron chi connectivity index (χ0n) is 8.26. The van der Waals surface area contributed by atoms with Crippen LogP contribution in [0.25, 0.3) is 0 Å². The van der Waals surface area contributed by atoms with Crippen LogP contribution in [0.4, 0.5) is 0 Å². The number of benzene rings is 1. The van der Waals surface area contributed by atoms with Gasteiger partial charge in [-0.05, 0) is 6.07 Å². The number of aromatic hydroxyl groups is 2. The van der Waals surface area contributed by atoms with Crippen molar-refractivity contribution in [2.24, 2.45) is 0 Å². The number of aldehydes is 2. The highest BCUT2D eigenvalue weighted by molar-refractivity contribution is 6.01. The first-order valence-electron chi connectivity index (χ1n) is 4.14. The number of phenolic OH excluding ortho intramolecular Hbond substituents is 2. The van der Waals surface area contributed by atoms with Crippen LogP contribution in [0, 0.1) is 0 Å². The molecule has 0 radical (unpaired) electrons. The molecule has 0 aromatic heterocycles. The number of methoxy groups -OCH3 is 1. The fourth-order valence-corrected chi connectivity index (χ4v) is 1.17. The lowest BCUT2D eigenvalue weighted by atomic mass is 10.0. The summed E-state index contributed by atoms with van der Waals surface area (Å²) in [5.74, 6) is -2.30. The lowest BCUT2D eigenvalue weighted by Crippen LogP contribution is -2.05. The van der Waals surface area contributed by atoms with E-state index in [4.69, 9.17) is 0 Å². The summed E-state index contributed by atoms with van der Waals surface area (Å²) in [6, 6.07) is 0.941. The van der Waals surface area contributed by atoms with E-state index in [1.54, 1.807) is 0 Å². The van der Waals surface area contributed by atoms with Crippen molar-refractivity contribution in [3.8, 4) is 11.5 Å². The molecule has 0 aliphatic heterocycles. The molecule has 0 spiro atoms. The molecule has 0 bridgehead atoms. The summed E-state index contributed by atoms with van der Waals surface area (Å²) in [4.78, 5) is 32.3. The topological polar surface area (TPSA) is 101 Å². The molecule has 0 unspecified atom stereocenters. The fraction of sp³-hybridized carbons (Fsp3) is 0.100. The lowest BCUT2D eigenvalue weighted by Gasteiger charge is -2.08. The van der Waals surface area contributed by atoms with E-state index in [1.807, 2.05) is 0 Å². The van der Waals surface area contributed by atoms with E-state index in [1.165, 1.54) is 0 Å². The molecule has 2 N–H and O–H groups in total. The molecule has 0 amide bonds. The third-order valence-electron chi connectivity index (χ3n) is 1.99. The van der Waals surface area contributed by atoms with Gasteiger partial charge in [-0.3, -0.25) is 9.59 Å². The highest BCUT2D eigenvalue weighted by atomic mass is 16.5. The van der Waals surface area contributed by atoms with Gasteiger partial charge in [0.2, 0.25) is 0 Å². The van der Waals surface area contributed by atoms with Gasteiger partial charge in [-0.1, -0.05) is 0 Å². The smallest absolute Gasteiger partial charge is 0.341 e. The molecule has 1 aromatic rings. The summed E-state index contributed by atoms with van der Waals surface area (Å²) in [6.45, 7) is 0. The van der Waals surface area contributed by atoms with E-state index < -0.39 is 23.0 Å². The van der Waals surface area contributed by atoms with Gasteiger partial charge in [0.15, 0.2) is 12.6 Å². The molecule has 0 atom stereocenters. The van der Waals surface area contributed by atoms with Crippen LogP contribution in [0.2, 0.25) is 0 Å². The second-order valence-corrected chi connectivity index (χ2v) is 2.85. The Balaban J connectivity index is 3.58. The second-order valence-electron chi connectivity index (χ2n) is 2.85. The first-order valence-corrected chi connectivity index (χ1v) is 4.14. The van der Waals surface area contributed by atoms with Crippen LogP contribution < -0.4 is 0 Å². The molecule has 0 saturated heterocycles. The summed E-state index contributed by atoms with van der Waals surface area (Å²) in [5, 5.41) is 18.9. The quantitative estimate of drug-likeness (QED) is 0.573. The normalized spacial score (nSPS) is 9.56. The van der Waals surface area contributed by atoms with Gasteiger partial charge in [0, 0.05) is 0 Å². The monoisotopic (exact) mass is 224 g/mol. The predicted molar refractivity (Wildman–Crippen MR) is 51.9 cm³/mol. The van der Waals surface area contributed by atoms with Crippen molar-refractivity contribution in [1.82, 2.24) is 0 Å². The third-order valence-corrected chi connectivity index (χ3v) is 1.99. The van der Waals surface area contributed by atoms with E-state index in [0.717, 1.165) is 13.2 Å². The summed E-state index contributed by atoms with van der Waals surface area (Å²) in [5.41, 5.74) is -1.16. The molecule has 0 aliphatic rings. The molecule has 0 aliphatic carbocycles. The second kappa shape index (κ2) is 4.43. The molecule has 6 nitrogen and oxygen atoms in total. The van der Waals surface area contributed by atoms with E-state index >= 15 is 0 Å². The first-order chi connectivity index (χ1) is 7.56. The number of carbonyl (C=O) groups is 3. The average molecular weight is 224 g/mol. The average Bonchev–Trinajstić information content (AvgIpc) is 2.29. The van der Waals surface area contributed by atoms with Crippen molar-refractivity contribution >= 4 is 18.5 Å². The molecule has 16 heavy (non-hydrogen) atoms. The Labute approximate surface area is 90.1 Å². The Kier molecular flexibility index (Phi) is 3.24. The van der Waals surface area contributed by atoms with Crippen molar-refractivity contribution in [3.05, 3.63) is 22.8 Å². The number of hydrogen-bond donors (Lipinski definition) is 2. The first kappa shape index (κ1) is 11.7. The van der Waals surface area contributed by atoms with Crippen LogP contribution in [0.3, 0.4) is 0 Å². The van der Waals surface area contributed by atoms with E-state index in [2.05, 4.69) is 4.74 Å². The van der Waals surface area contributed by atoms with Crippen LogP contribution in [0.5, 0.6) is 11.5 Å². The fourth-order valence-electron chi connectivity index (χ4n) is 1.17. The van der Waals surface area contributed by atoms with E-state index in [0.29, 0.717) is 0 Å². The molecule has 1 rings (SSSR count). The maximum atomic E-state index is 11.2. The summed E-state index contributed by atoms with van der Waals surface area (Å²) >= 11 is 0. The predicted octanol–water partition coefficient (Wildman–Crippen LogP) is 0.509. The van der Waals surface area contributed by atoms with Crippen LogP contribution >= 0.6 is 0 Å². The van der Waals surface area contributed by atoms with Gasteiger partial charge in [-0.25, -0.2) is 4.79 Å². The number of rotatable bonds is 3. The Morgan fingerprint density at radius 1 is 1.25 bits per heavy atom. The van der Waals surface area contributed by atoms with Gasteiger partial charge in [-0.2, -0.15) is 0 Å². The Morgan fingerprint density at radius 2 is 1.88 bits per heavy atom. The summed E-state index contributed by atoms with van der Waals surface area (Å²) in [7, 11) is 1.08. The molecule has 1 aromatic carbocycles. The number of carbonyl (C=O) groups excluding carboxylic acids is 3. The molecular formula is C10H8O6. The van der Waals surface area contributed by atoms with Crippen molar-refractivity contribution < 1.29 is 29.3 Å². The Morgan fingerprint density at radius 3 is 2.31 bits per heavy atom. The maximum Gasteiger partial charge on any atom is 0.341 e. The maximum absolute atomic E-state index is 11.2. The lowest BCUT2D eigenvalue weighted by molar-refractivity contribution is 0.0597. The minimum atomic E-state index is -0.913. The minimum Gasteiger partial charge on any atom is -0.506 e. The number of hydrogen-bond acceptors (Lipinski definition) is 6. The number of phenols is 2. The molecule has 0 saturated carbocycles. The SMILES string of the molecule is COC(=O)c1cc(C=O)c(O)c(C=O)c1O.